The average molecular weight is 366 g/mol. The van der Waals surface area contributed by atoms with E-state index in [-0.39, 0.29) is 0 Å². The maximum absolute atomic E-state index is 5.61. The van der Waals surface area contributed by atoms with Crippen molar-refractivity contribution in [3.8, 4) is 0 Å². The standard InChI is InChI=1S/C22H27N3S/c1-18-15-19(2)17-21(16-18)23-22(26)25-13-11-24(12-14-25)10-6-9-20-7-4-3-5-8-20/h3-9,15-17H,10-14H2,1-2H3,(H,23,26)/b9-6+. The van der Waals surface area contributed by atoms with Crippen LogP contribution >= 0.6 is 12.2 Å². The van der Waals surface area contributed by atoms with Gasteiger partial charge in [-0.25, -0.2) is 0 Å². The lowest BCUT2D eigenvalue weighted by Crippen LogP contribution is -2.49. The molecule has 0 bridgehead atoms. The van der Waals surface area contributed by atoms with Gasteiger partial charge in [-0.1, -0.05) is 48.6 Å². The molecule has 4 heteroatoms. The Hall–Kier alpha value is -2.17. The summed E-state index contributed by atoms with van der Waals surface area (Å²) in [5.41, 5.74) is 4.85. The van der Waals surface area contributed by atoms with Crippen LogP contribution in [0.5, 0.6) is 0 Å². The molecule has 1 heterocycles. The number of piperazine rings is 1. The molecule has 1 saturated heterocycles. The maximum atomic E-state index is 5.61. The van der Waals surface area contributed by atoms with Gasteiger partial charge in [-0.2, -0.15) is 0 Å². The van der Waals surface area contributed by atoms with E-state index in [1.54, 1.807) is 0 Å². The van der Waals surface area contributed by atoms with Crippen molar-refractivity contribution in [3.63, 3.8) is 0 Å². The molecule has 0 radical (unpaired) electrons. The number of hydrogen-bond acceptors (Lipinski definition) is 2. The predicted molar refractivity (Wildman–Crippen MR) is 116 cm³/mol. The summed E-state index contributed by atoms with van der Waals surface area (Å²) in [6.45, 7) is 9.22. The summed E-state index contributed by atoms with van der Waals surface area (Å²) in [5.74, 6) is 0. The van der Waals surface area contributed by atoms with Crippen molar-refractivity contribution in [2.24, 2.45) is 0 Å². The number of thiocarbonyl (C=S) groups is 1. The molecule has 136 valence electrons. The van der Waals surface area contributed by atoms with Crippen LogP contribution in [-0.2, 0) is 0 Å². The number of nitrogens with one attached hydrogen (secondary N) is 1. The van der Waals surface area contributed by atoms with E-state index in [1.807, 2.05) is 6.07 Å². The van der Waals surface area contributed by atoms with Gasteiger partial charge in [0.15, 0.2) is 5.11 Å². The van der Waals surface area contributed by atoms with Crippen LogP contribution in [0.3, 0.4) is 0 Å². The van der Waals surface area contributed by atoms with E-state index < -0.39 is 0 Å². The third-order valence-electron chi connectivity index (χ3n) is 4.61. The topological polar surface area (TPSA) is 18.5 Å². The summed E-state index contributed by atoms with van der Waals surface area (Å²) in [7, 11) is 0. The van der Waals surface area contributed by atoms with Gasteiger partial charge in [-0.05, 0) is 54.9 Å². The first-order valence-electron chi connectivity index (χ1n) is 9.18. The molecule has 0 spiro atoms. The number of benzene rings is 2. The molecule has 0 aromatic heterocycles. The van der Waals surface area contributed by atoms with E-state index >= 15 is 0 Å². The molecule has 1 aliphatic rings. The lowest BCUT2D eigenvalue weighted by Gasteiger charge is -2.35. The minimum atomic E-state index is 0.828. The van der Waals surface area contributed by atoms with Crippen LogP contribution < -0.4 is 5.32 Å². The fourth-order valence-electron chi connectivity index (χ4n) is 3.28. The molecule has 1 N–H and O–H groups in total. The molecule has 0 saturated carbocycles. The Bertz CT molecular complexity index is 742. The van der Waals surface area contributed by atoms with Crippen LogP contribution in [0.15, 0.2) is 54.6 Å². The first-order chi connectivity index (χ1) is 12.6. The van der Waals surface area contributed by atoms with Crippen molar-refractivity contribution in [1.82, 2.24) is 9.80 Å². The van der Waals surface area contributed by atoms with Gasteiger partial charge < -0.3 is 10.2 Å². The van der Waals surface area contributed by atoms with Gasteiger partial charge in [0.25, 0.3) is 0 Å². The zero-order valence-electron chi connectivity index (χ0n) is 15.6. The Balaban J connectivity index is 1.45. The highest BCUT2D eigenvalue weighted by molar-refractivity contribution is 7.80. The number of aryl methyl sites for hydroxylation is 2. The molecule has 3 rings (SSSR count). The molecule has 3 nitrogen and oxygen atoms in total. The summed E-state index contributed by atoms with van der Waals surface area (Å²) < 4.78 is 0. The summed E-state index contributed by atoms with van der Waals surface area (Å²) in [6, 6.07) is 16.9. The third kappa shape index (κ3) is 5.41. The second-order valence-corrected chi connectivity index (χ2v) is 7.29. The van der Waals surface area contributed by atoms with E-state index in [9.17, 15) is 0 Å². The Labute approximate surface area is 162 Å². The predicted octanol–water partition coefficient (Wildman–Crippen LogP) is 4.33. The number of rotatable bonds is 4. The maximum Gasteiger partial charge on any atom is 0.173 e. The van der Waals surface area contributed by atoms with Gasteiger partial charge in [0.1, 0.15) is 0 Å². The Morgan fingerprint density at radius 1 is 1.00 bits per heavy atom. The lowest BCUT2D eigenvalue weighted by atomic mass is 10.1. The van der Waals surface area contributed by atoms with Gasteiger partial charge >= 0.3 is 0 Å². The molecular weight excluding hydrogens is 338 g/mol. The molecule has 1 fully saturated rings. The first kappa shape index (κ1) is 18.6. The van der Waals surface area contributed by atoms with Crippen LogP contribution in [0.1, 0.15) is 16.7 Å². The number of hydrogen-bond donors (Lipinski definition) is 1. The van der Waals surface area contributed by atoms with Crippen LogP contribution in [0.25, 0.3) is 6.08 Å². The molecule has 0 amide bonds. The van der Waals surface area contributed by atoms with Crippen LogP contribution in [0.4, 0.5) is 5.69 Å². The molecule has 0 atom stereocenters. The van der Waals surface area contributed by atoms with Crippen LogP contribution in [0, 0.1) is 13.8 Å². The highest BCUT2D eigenvalue weighted by atomic mass is 32.1. The molecule has 2 aromatic carbocycles. The number of nitrogens with zero attached hydrogens (tertiary/aromatic N) is 2. The molecule has 2 aromatic rings. The fraction of sp³-hybridized carbons (Fsp3) is 0.318. The van der Waals surface area contributed by atoms with Crippen molar-refractivity contribution in [1.29, 1.82) is 0 Å². The summed E-state index contributed by atoms with van der Waals surface area (Å²) in [4.78, 5) is 4.74. The Kier molecular flexibility index (Phi) is 6.42. The van der Waals surface area contributed by atoms with Gasteiger partial charge in [0.05, 0.1) is 0 Å². The SMILES string of the molecule is Cc1cc(C)cc(NC(=S)N2CCN(C/C=C/c3ccccc3)CC2)c1. The van der Waals surface area contributed by atoms with Gasteiger partial charge in [0, 0.05) is 38.4 Å². The summed E-state index contributed by atoms with van der Waals surface area (Å²) >= 11 is 5.61. The minimum absolute atomic E-state index is 0.828. The van der Waals surface area contributed by atoms with E-state index in [2.05, 4.69) is 83.6 Å². The zero-order valence-corrected chi connectivity index (χ0v) is 16.4. The average Bonchev–Trinajstić information content (AvgIpc) is 2.62. The van der Waals surface area contributed by atoms with Crippen molar-refractivity contribution in [2.75, 3.05) is 38.0 Å². The van der Waals surface area contributed by atoms with Gasteiger partial charge in [-0.3, -0.25) is 4.90 Å². The molecular formula is C22H27N3S. The van der Waals surface area contributed by atoms with Gasteiger partial charge in [-0.15, -0.1) is 0 Å². The molecule has 26 heavy (non-hydrogen) atoms. The van der Waals surface area contributed by atoms with Crippen molar-refractivity contribution < 1.29 is 0 Å². The highest BCUT2D eigenvalue weighted by Crippen LogP contribution is 2.15. The van der Waals surface area contributed by atoms with E-state index in [4.69, 9.17) is 12.2 Å². The number of anilines is 1. The van der Waals surface area contributed by atoms with Crippen molar-refractivity contribution >= 4 is 29.1 Å². The van der Waals surface area contributed by atoms with Gasteiger partial charge in [0.2, 0.25) is 0 Å². The second kappa shape index (κ2) is 8.97. The van der Waals surface area contributed by atoms with E-state index in [0.717, 1.165) is 43.5 Å². The largest absolute Gasteiger partial charge is 0.346 e. The first-order valence-corrected chi connectivity index (χ1v) is 9.59. The molecule has 0 aliphatic carbocycles. The highest BCUT2D eigenvalue weighted by Gasteiger charge is 2.18. The van der Waals surface area contributed by atoms with Crippen molar-refractivity contribution in [2.45, 2.75) is 13.8 Å². The van der Waals surface area contributed by atoms with Crippen LogP contribution in [0.2, 0.25) is 0 Å². The Morgan fingerprint density at radius 3 is 2.31 bits per heavy atom. The lowest BCUT2D eigenvalue weighted by molar-refractivity contribution is 0.200. The smallest absolute Gasteiger partial charge is 0.173 e. The Morgan fingerprint density at radius 2 is 1.65 bits per heavy atom. The molecule has 0 unspecified atom stereocenters. The summed E-state index contributed by atoms with van der Waals surface area (Å²) in [5, 5.41) is 4.23. The second-order valence-electron chi connectivity index (χ2n) is 6.91. The van der Waals surface area contributed by atoms with Crippen LogP contribution in [-0.4, -0.2) is 47.6 Å². The van der Waals surface area contributed by atoms with E-state index in [1.165, 1.54) is 16.7 Å². The van der Waals surface area contributed by atoms with Crippen molar-refractivity contribution in [3.05, 3.63) is 71.3 Å². The van der Waals surface area contributed by atoms with E-state index in [0.29, 0.717) is 0 Å². The third-order valence-corrected chi connectivity index (χ3v) is 4.97. The summed E-state index contributed by atoms with van der Waals surface area (Å²) in [6.07, 6.45) is 4.44. The fourth-order valence-corrected chi connectivity index (χ4v) is 3.59. The normalized spacial score (nSPS) is 15.4. The monoisotopic (exact) mass is 365 g/mol. The quantitative estimate of drug-likeness (QED) is 0.813. The zero-order chi connectivity index (χ0) is 18.4. The molecule has 1 aliphatic heterocycles. The minimum Gasteiger partial charge on any atom is -0.346 e.